The molecule has 1 aromatic heterocycles. The Balaban J connectivity index is 0.00000107. The van der Waals surface area contributed by atoms with Crippen molar-refractivity contribution in [3.63, 3.8) is 0 Å². The topological polar surface area (TPSA) is 8.81 Å². The summed E-state index contributed by atoms with van der Waals surface area (Å²) in [4.78, 5) is 0. The first-order valence-corrected chi connectivity index (χ1v) is 11.7. The van der Waals surface area contributed by atoms with Crippen molar-refractivity contribution in [2.45, 2.75) is 79.1 Å². The van der Waals surface area contributed by atoms with Gasteiger partial charge in [0.1, 0.15) is 23.8 Å². The largest absolute Gasteiger partial charge is 1.00 e. The van der Waals surface area contributed by atoms with Crippen molar-refractivity contribution in [3.05, 3.63) is 77.4 Å². The van der Waals surface area contributed by atoms with Gasteiger partial charge in [0, 0.05) is 22.3 Å². The highest BCUT2D eigenvalue weighted by molar-refractivity contribution is 6.33. The standard InChI is InChI=1S/C27H37N2.BF3.FH/c1-18(2)22-11-9-12-23(19(3)4)26(22)28-15-16-29(17-28)27-24(20(5)6)13-10-14-25(27)21(7)8;2-1(3)4;/h9-21H,1-8H3;;1H/q+1;;/p-1. The smallest absolute Gasteiger partial charge is 0.762 e. The Bertz CT molecular complexity index is 910. The minimum absolute atomic E-state index is 0. The molecule has 0 bridgehead atoms. The number of nitrogens with zero attached hydrogens (tertiary/aromatic N) is 2. The molecule has 0 amide bonds. The average molecular weight is 476 g/mol. The van der Waals surface area contributed by atoms with E-state index in [2.05, 4.69) is 120 Å². The third kappa shape index (κ3) is 6.97. The van der Waals surface area contributed by atoms with Crippen LogP contribution in [0.15, 0.2) is 55.1 Å². The minimum atomic E-state index is -3.67. The van der Waals surface area contributed by atoms with Crippen LogP contribution in [-0.2, 0) is 0 Å². The molecule has 0 unspecified atom stereocenters. The molecular formula is C27H37BF4N2. The van der Waals surface area contributed by atoms with Gasteiger partial charge in [0.2, 0.25) is 0 Å². The number of halogens is 4. The van der Waals surface area contributed by atoms with Gasteiger partial charge < -0.3 is 4.70 Å². The van der Waals surface area contributed by atoms with Gasteiger partial charge >= 0.3 is 7.54 Å². The van der Waals surface area contributed by atoms with E-state index in [0.717, 1.165) is 0 Å². The molecule has 1 heterocycles. The van der Waals surface area contributed by atoms with Crippen molar-refractivity contribution in [2.24, 2.45) is 0 Å². The molecule has 0 N–H and O–H groups in total. The number of hydrogen-bond donors (Lipinski definition) is 0. The summed E-state index contributed by atoms with van der Waals surface area (Å²) >= 11 is 0. The molecule has 3 aromatic rings. The second kappa shape index (κ2) is 12.8. The van der Waals surface area contributed by atoms with E-state index in [-0.39, 0.29) is 4.70 Å². The molecule has 2 aromatic carbocycles. The summed E-state index contributed by atoms with van der Waals surface area (Å²) in [5, 5.41) is 0. The first-order chi connectivity index (χ1) is 15.5. The number of hydrogen-bond acceptors (Lipinski definition) is 0. The van der Waals surface area contributed by atoms with E-state index in [1.54, 1.807) is 0 Å². The molecule has 0 aliphatic carbocycles. The third-order valence-electron chi connectivity index (χ3n) is 5.84. The van der Waals surface area contributed by atoms with E-state index in [1.165, 1.54) is 33.6 Å². The van der Waals surface area contributed by atoms with Crippen LogP contribution in [0.25, 0.3) is 11.4 Å². The predicted molar refractivity (Wildman–Crippen MR) is 133 cm³/mol. The fourth-order valence-electron chi connectivity index (χ4n) is 4.24. The molecule has 0 spiro atoms. The minimum Gasteiger partial charge on any atom is -1.00 e. The predicted octanol–water partition coefficient (Wildman–Crippen LogP) is 5.13. The maximum atomic E-state index is 9.67. The summed E-state index contributed by atoms with van der Waals surface area (Å²) < 4.78 is 33.7. The summed E-state index contributed by atoms with van der Waals surface area (Å²) in [5.41, 5.74) is 8.29. The Morgan fingerprint density at radius 1 is 0.676 bits per heavy atom. The van der Waals surface area contributed by atoms with Crippen LogP contribution in [0.5, 0.6) is 0 Å². The lowest BCUT2D eigenvalue weighted by molar-refractivity contribution is -0.596. The van der Waals surface area contributed by atoms with Crippen molar-refractivity contribution in [1.82, 2.24) is 4.57 Å². The zero-order valence-electron chi connectivity index (χ0n) is 21.5. The fraction of sp³-hybridized carbons (Fsp3) is 0.444. The highest BCUT2D eigenvalue weighted by atomic mass is 19.4. The Kier molecular flexibility index (Phi) is 11.1. The molecule has 186 valence electrons. The summed E-state index contributed by atoms with van der Waals surface area (Å²) in [7, 11) is -3.67. The Labute approximate surface area is 202 Å². The monoisotopic (exact) mass is 476 g/mol. The lowest BCUT2D eigenvalue weighted by atomic mass is 9.92. The van der Waals surface area contributed by atoms with E-state index in [0.29, 0.717) is 23.7 Å². The number of benzene rings is 2. The number of imidazole rings is 1. The molecule has 0 atom stereocenters. The second-order valence-corrected chi connectivity index (χ2v) is 9.66. The van der Waals surface area contributed by atoms with Crippen LogP contribution in [0.4, 0.5) is 12.9 Å². The quantitative estimate of drug-likeness (QED) is 0.265. The maximum Gasteiger partial charge on any atom is 0.762 e. The SMILES string of the molecule is CC(C)c1cccc(C(C)C)c1-n1cc[n+](-c2c(C(C)C)cccc2C(C)C)c1.FB(F)F.[F-]. The molecule has 7 heteroatoms. The van der Waals surface area contributed by atoms with E-state index in [1.807, 2.05) is 0 Å². The summed E-state index contributed by atoms with van der Waals surface area (Å²) in [6.07, 6.45) is 6.70. The van der Waals surface area contributed by atoms with Crippen LogP contribution in [0, 0.1) is 0 Å². The Morgan fingerprint density at radius 3 is 1.38 bits per heavy atom. The molecule has 3 rings (SSSR count). The summed E-state index contributed by atoms with van der Waals surface area (Å²) in [6.45, 7) is 18.3. The van der Waals surface area contributed by atoms with Crippen LogP contribution in [0.3, 0.4) is 0 Å². The lowest BCUT2D eigenvalue weighted by Gasteiger charge is -2.17. The van der Waals surface area contributed by atoms with Gasteiger partial charge in [-0.2, -0.15) is 0 Å². The van der Waals surface area contributed by atoms with Crippen LogP contribution >= 0.6 is 0 Å². The average Bonchev–Trinajstić information content (AvgIpc) is 3.21. The summed E-state index contributed by atoms with van der Waals surface area (Å²) in [5.74, 6) is 1.92. The van der Waals surface area contributed by atoms with E-state index in [4.69, 9.17) is 0 Å². The Morgan fingerprint density at radius 2 is 1.03 bits per heavy atom. The van der Waals surface area contributed by atoms with Gasteiger partial charge in [-0.05, 0) is 23.7 Å². The third-order valence-corrected chi connectivity index (χ3v) is 5.84. The highest BCUT2D eigenvalue weighted by Gasteiger charge is 2.23. The van der Waals surface area contributed by atoms with Crippen molar-refractivity contribution < 1.29 is 22.2 Å². The van der Waals surface area contributed by atoms with Gasteiger partial charge in [0.15, 0.2) is 0 Å². The first kappa shape index (κ1) is 29.5. The van der Waals surface area contributed by atoms with Gasteiger partial charge in [0.25, 0.3) is 6.33 Å². The van der Waals surface area contributed by atoms with Gasteiger partial charge in [-0.15, -0.1) is 0 Å². The maximum absolute atomic E-state index is 9.67. The fourth-order valence-corrected chi connectivity index (χ4v) is 4.24. The van der Waals surface area contributed by atoms with Crippen LogP contribution < -0.4 is 9.27 Å². The first-order valence-electron chi connectivity index (χ1n) is 11.7. The molecule has 34 heavy (non-hydrogen) atoms. The molecular weight excluding hydrogens is 439 g/mol. The normalized spacial score (nSPS) is 11.0. The van der Waals surface area contributed by atoms with E-state index >= 15 is 0 Å². The van der Waals surface area contributed by atoms with Gasteiger partial charge in [-0.3, -0.25) is 12.9 Å². The summed E-state index contributed by atoms with van der Waals surface area (Å²) in [6, 6.07) is 13.5. The highest BCUT2D eigenvalue weighted by Crippen LogP contribution is 2.32. The van der Waals surface area contributed by atoms with Crippen LogP contribution in [0.1, 0.15) is 101 Å². The molecule has 2 nitrogen and oxygen atoms in total. The molecule has 0 radical (unpaired) electrons. The second-order valence-electron chi connectivity index (χ2n) is 9.66. The van der Waals surface area contributed by atoms with Crippen LogP contribution in [0.2, 0.25) is 0 Å². The van der Waals surface area contributed by atoms with Crippen molar-refractivity contribution >= 4 is 7.54 Å². The van der Waals surface area contributed by atoms with Crippen LogP contribution in [-0.4, -0.2) is 12.1 Å². The van der Waals surface area contributed by atoms with E-state index in [9.17, 15) is 12.9 Å². The van der Waals surface area contributed by atoms with E-state index < -0.39 is 7.54 Å². The number of para-hydroxylation sites is 2. The number of aromatic nitrogens is 2. The van der Waals surface area contributed by atoms with Gasteiger partial charge in [0.05, 0.1) is 0 Å². The van der Waals surface area contributed by atoms with Crippen molar-refractivity contribution in [3.8, 4) is 11.4 Å². The van der Waals surface area contributed by atoms with Crippen molar-refractivity contribution in [2.75, 3.05) is 0 Å². The lowest BCUT2D eigenvalue weighted by Crippen LogP contribution is -3.00. The zero-order chi connectivity index (χ0) is 24.9. The molecule has 0 aliphatic heterocycles. The Hall–Kier alpha value is -2.57. The molecule has 0 saturated heterocycles. The molecule has 0 fully saturated rings. The van der Waals surface area contributed by atoms with Crippen molar-refractivity contribution in [1.29, 1.82) is 0 Å². The molecule has 0 saturated carbocycles. The zero-order valence-corrected chi connectivity index (χ0v) is 21.5. The van der Waals surface area contributed by atoms with Gasteiger partial charge in [-0.1, -0.05) is 91.8 Å². The molecule has 0 aliphatic rings. The number of rotatable bonds is 6. The van der Waals surface area contributed by atoms with Gasteiger partial charge in [-0.25, -0.2) is 9.13 Å².